The maximum Gasteiger partial charge on any atom is 0.178 e. The molecule has 2 N–H and O–H groups in total. The van der Waals surface area contributed by atoms with Crippen molar-refractivity contribution in [2.75, 3.05) is 13.2 Å². The van der Waals surface area contributed by atoms with Gasteiger partial charge in [0.15, 0.2) is 11.6 Å². The van der Waals surface area contributed by atoms with Crippen LogP contribution < -0.4 is 0 Å². The van der Waals surface area contributed by atoms with Gasteiger partial charge in [0.25, 0.3) is 0 Å². The van der Waals surface area contributed by atoms with Crippen molar-refractivity contribution in [3.05, 3.63) is 59.7 Å². The van der Waals surface area contributed by atoms with E-state index in [9.17, 15) is 10.2 Å². The van der Waals surface area contributed by atoms with E-state index in [1.54, 1.807) is 24.3 Å². The zero-order chi connectivity index (χ0) is 21.9. The second-order valence-corrected chi connectivity index (χ2v) is 8.96. The summed E-state index contributed by atoms with van der Waals surface area (Å²) in [5.74, 6) is -1.13. The van der Waals surface area contributed by atoms with Gasteiger partial charge in [-0.1, -0.05) is 38.1 Å². The number of phenols is 2. The molecular formula is C26H34O5. The minimum Gasteiger partial charge on any atom is -0.508 e. The summed E-state index contributed by atoms with van der Waals surface area (Å²) < 4.78 is 19.9. The minimum atomic E-state index is -0.794. The Morgan fingerprint density at radius 3 is 1.39 bits per heavy atom. The van der Waals surface area contributed by atoms with Crippen molar-refractivity contribution >= 4 is 0 Å². The average Bonchev–Trinajstić information content (AvgIpc) is 2.80. The molecule has 0 bridgehead atoms. The van der Waals surface area contributed by atoms with Gasteiger partial charge in [0.05, 0.1) is 13.2 Å². The lowest BCUT2D eigenvalue weighted by Crippen LogP contribution is -2.55. The van der Waals surface area contributed by atoms with E-state index in [1.807, 2.05) is 24.3 Å². The quantitative estimate of drug-likeness (QED) is 0.610. The summed E-state index contributed by atoms with van der Waals surface area (Å²) in [5, 5.41) is 19.5. The second kappa shape index (κ2) is 9.19. The summed E-state index contributed by atoms with van der Waals surface area (Å²) in [4.78, 5) is 0. The summed E-state index contributed by atoms with van der Waals surface area (Å²) in [7, 11) is 0. The minimum absolute atomic E-state index is 0.0252. The van der Waals surface area contributed by atoms with Crippen LogP contribution in [0, 0.1) is 0 Å². The Hall–Kier alpha value is -2.08. The highest BCUT2D eigenvalue weighted by atomic mass is 16.8. The van der Waals surface area contributed by atoms with Crippen molar-refractivity contribution in [2.24, 2.45) is 0 Å². The molecule has 0 radical (unpaired) electrons. The molecular weight excluding hydrogens is 392 g/mol. The molecule has 0 saturated carbocycles. The van der Waals surface area contributed by atoms with Crippen molar-refractivity contribution in [1.29, 1.82) is 0 Å². The van der Waals surface area contributed by atoms with Gasteiger partial charge in [0.1, 0.15) is 11.5 Å². The predicted octanol–water partition coefficient (Wildman–Crippen LogP) is 5.82. The Bertz CT molecular complexity index is 762. The molecule has 4 rings (SSSR count). The van der Waals surface area contributed by atoms with Gasteiger partial charge < -0.3 is 24.4 Å². The van der Waals surface area contributed by atoms with Gasteiger partial charge in [0, 0.05) is 24.7 Å². The van der Waals surface area contributed by atoms with Gasteiger partial charge in [-0.2, -0.15) is 0 Å². The molecule has 168 valence electrons. The number of benzene rings is 2. The van der Waals surface area contributed by atoms with Crippen LogP contribution in [-0.2, 0) is 14.2 Å². The fraction of sp³-hybridized carbons (Fsp3) is 0.538. The van der Waals surface area contributed by atoms with E-state index >= 15 is 0 Å². The summed E-state index contributed by atoms with van der Waals surface area (Å²) >= 11 is 0. The molecule has 2 aliphatic heterocycles. The Labute approximate surface area is 185 Å². The Morgan fingerprint density at radius 1 is 0.677 bits per heavy atom. The zero-order valence-corrected chi connectivity index (χ0v) is 18.5. The van der Waals surface area contributed by atoms with Crippen LogP contribution in [0.4, 0.5) is 0 Å². The van der Waals surface area contributed by atoms with E-state index in [-0.39, 0.29) is 23.3 Å². The van der Waals surface area contributed by atoms with Crippen LogP contribution in [0.3, 0.4) is 0 Å². The molecule has 4 atom stereocenters. The van der Waals surface area contributed by atoms with E-state index in [0.717, 1.165) is 49.7 Å². The second-order valence-electron chi connectivity index (χ2n) is 8.96. The first-order valence-electron chi connectivity index (χ1n) is 11.5. The maximum absolute atomic E-state index is 9.73. The Balaban J connectivity index is 1.69. The highest BCUT2D eigenvalue weighted by Gasteiger charge is 2.51. The smallest absolute Gasteiger partial charge is 0.178 e. The monoisotopic (exact) mass is 426 g/mol. The van der Waals surface area contributed by atoms with Gasteiger partial charge in [-0.3, -0.25) is 0 Å². The van der Waals surface area contributed by atoms with E-state index in [0.29, 0.717) is 13.2 Å². The SMILES string of the molecule is CC(c1ccc(O)cc1)C1(OC2(C(C)c3ccc(O)cc3)CCCCO2)CCCCO1. The molecule has 31 heavy (non-hydrogen) atoms. The lowest BCUT2D eigenvalue weighted by molar-refractivity contribution is -0.388. The largest absolute Gasteiger partial charge is 0.508 e. The third kappa shape index (κ3) is 4.59. The molecule has 2 aromatic carbocycles. The standard InChI is InChI=1S/C26H34O5/c1-19(21-7-11-23(27)12-8-21)25(15-3-5-17-29-25)31-26(16-4-6-18-30-26)20(2)22-9-13-24(28)14-10-22/h7-14,19-20,27-28H,3-6,15-18H2,1-2H3. The molecule has 5 nitrogen and oxygen atoms in total. The van der Waals surface area contributed by atoms with Crippen molar-refractivity contribution in [2.45, 2.75) is 75.8 Å². The van der Waals surface area contributed by atoms with E-state index < -0.39 is 11.6 Å². The third-order valence-corrected chi connectivity index (χ3v) is 6.98. The van der Waals surface area contributed by atoms with Gasteiger partial charge in [-0.15, -0.1) is 0 Å². The number of ether oxygens (including phenoxy) is 3. The van der Waals surface area contributed by atoms with Gasteiger partial charge in [0.2, 0.25) is 0 Å². The van der Waals surface area contributed by atoms with Crippen LogP contribution in [0.5, 0.6) is 11.5 Å². The Kier molecular flexibility index (Phi) is 6.56. The van der Waals surface area contributed by atoms with Gasteiger partial charge >= 0.3 is 0 Å². The normalized spacial score (nSPS) is 28.7. The number of hydrogen-bond acceptors (Lipinski definition) is 5. The summed E-state index contributed by atoms with van der Waals surface area (Å²) in [6.45, 7) is 5.59. The van der Waals surface area contributed by atoms with E-state index in [4.69, 9.17) is 14.2 Å². The lowest BCUT2D eigenvalue weighted by Gasteiger charge is -2.51. The van der Waals surface area contributed by atoms with Gasteiger partial charge in [-0.05, 0) is 61.1 Å². The molecule has 4 unspecified atom stereocenters. The lowest BCUT2D eigenvalue weighted by atomic mass is 9.83. The first-order chi connectivity index (χ1) is 14.9. The number of aromatic hydroxyl groups is 2. The van der Waals surface area contributed by atoms with Crippen LogP contribution in [0.15, 0.2) is 48.5 Å². The summed E-state index contributed by atoms with van der Waals surface area (Å²) in [6, 6.07) is 14.6. The van der Waals surface area contributed by atoms with Gasteiger partial charge in [-0.25, -0.2) is 0 Å². The molecule has 2 heterocycles. The molecule has 2 aromatic rings. The molecule has 5 heteroatoms. The van der Waals surface area contributed by atoms with Crippen molar-refractivity contribution in [3.8, 4) is 11.5 Å². The van der Waals surface area contributed by atoms with Crippen LogP contribution >= 0.6 is 0 Å². The van der Waals surface area contributed by atoms with Crippen LogP contribution in [-0.4, -0.2) is 35.0 Å². The number of phenolic OH excluding ortho intramolecular Hbond substituents is 2. The average molecular weight is 427 g/mol. The topological polar surface area (TPSA) is 68.2 Å². The Morgan fingerprint density at radius 2 is 1.06 bits per heavy atom. The maximum atomic E-state index is 9.73. The summed E-state index contributed by atoms with van der Waals surface area (Å²) in [6.07, 6.45) is 5.70. The highest BCUT2D eigenvalue weighted by Crippen LogP contribution is 2.48. The molecule has 2 fully saturated rings. The fourth-order valence-corrected chi connectivity index (χ4v) is 4.93. The van der Waals surface area contributed by atoms with Crippen molar-refractivity contribution in [1.82, 2.24) is 0 Å². The number of rotatable bonds is 6. The van der Waals surface area contributed by atoms with E-state index in [2.05, 4.69) is 13.8 Å². The fourth-order valence-electron chi connectivity index (χ4n) is 4.93. The first kappa shape index (κ1) is 22.1. The molecule has 0 spiro atoms. The molecule has 0 aromatic heterocycles. The number of hydrogen-bond donors (Lipinski definition) is 2. The third-order valence-electron chi connectivity index (χ3n) is 6.98. The van der Waals surface area contributed by atoms with Crippen molar-refractivity contribution < 1.29 is 24.4 Å². The van der Waals surface area contributed by atoms with E-state index in [1.165, 1.54) is 0 Å². The highest BCUT2D eigenvalue weighted by molar-refractivity contribution is 5.31. The molecule has 2 aliphatic rings. The molecule has 0 aliphatic carbocycles. The van der Waals surface area contributed by atoms with Crippen LogP contribution in [0.1, 0.15) is 75.3 Å². The predicted molar refractivity (Wildman–Crippen MR) is 119 cm³/mol. The van der Waals surface area contributed by atoms with Crippen LogP contribution in [0.2, 0.25) is 0 Å². The summed E-state index contributed by atoms with van der Waals surface area (Å²) in [5.41, 5.74) is 2.14. The van der Waals surface area contributed by atoms with Crippen LogP contribution in [0.25, 0.3) is 0 Å². The molecule has 0 amide bonds. The van der Waals surface area contributed by atoms with Crippen molar-refractivity contribution in [3.63, 3.8) is 0 Å². The first-order valence-corrected chi connectivity index (χ1v) is 11.5. The molecule has 2 saturated heterocycles. The zero-order valence-electron chi connectivity index (χ0n) is 18.5.